The summed E-state index contributed by atoms with van der Waals surface area (Å²) in [6, 6.07) is 0. The maximum absolute atomic E-state index is 11.4. The summed E-state index contributed by atoms with van der Waals surface area (Å²) in [5.74, 6) is -2.07. The summed E-state index contributed by atoms with van der Waals surface area (Å²) in [4.78, 5) is 22.0. The van der Waals surface area contributed by atoms with E-state index in [4.69, 9.17) is 5.11 Å². The molecule has 0 amide bonds. The molecule has 0 aromatic rings. The largest absolute Gasteiger partial charge is 1.00 e. The Morgan fingerprint density at radius 2 is 1.42 bits per heavy atom. The van der Waals surface area contributed by atoms with Crippen molar-refractivity contribution in [2.24, 2.45) is 0 Å². The molecule has 0 bridgehead atoms. The van der Waals surface area contributed by atoms with Gasteiger partial charge >= 0.3 is 65.1 Å². The second kappa shape index (κ2) is 14.1. The van der Waals surface area contributed by atoms with Crippen LogP contribution >= 0.6 is 0 Å². The quantitative estimate of drug-likeness (QED) is 0.252. The van der Waals surface area contributed by atoms with Gasteiger partial charge in [0.25, 0.3) is 0 Å². The monoisotopic (exact) mass is 292 g/mol. The summed E-state index contributed by atoms with van der Waals surface area (Å²) in [7, 11) is 0. The molecular weight excluding hydrogens is 266 g/mol. The number of rotatable bonds is 10. The van der Waals surface area contributed by atoms with Crippen LogP contribution in [0.3, 0.4) is 0 Å². The first-order valence-electron chi connectivity index (χ1n) is 6.42. The number of aliphatic carboxylic acids is 1. The van der Waals surface area contributed by atoms with Crippen LogP contribution in [0.1, 0.15) is 68.1 Å². The van der Waals surface area contributed by atoms with E-state index in [1.54, 1.807) is 0 Å². The van der Waals surface area contributed by atoms with Gasteiger partial charge in [-0.3, -0.25) is 4.79 Å². The van der Waals surface area contributed by atoms with Crippen molar-refractivity contribution in [3.05, 3.63) is 0 Å². The summed E-state index contributed by atoms with van der Waals surface area (Å²) >= 11 is 0. The van der Waals surface area contributed by atoms with Gasteiger partial charge in [-0.15, -0.1) is 0 Å². The summed E-state index contributed by atoms with van der Waals surface area (Å²) in [6.45, 7) is 3.20. The number of carbonyl (C=O) groups excluding carboxylic acids is 1. The van der Waals surface area contributed by atoms with Gasteiger partial charge in [0.2, 0.25) is 5.60 Å². The summed E-state index contributed by atoms with van der Waals surface area (Å²) in [5, 5.41) is 18.0. The van der Waals surface area contributed by atoms with Crippen LogP contribution in [0.25, 0.3) is 0 Å². The zero-order valence-corrected chi connectivity index (χ0v) is 16.9. The van der Waals surface area contributed by atoms with Crippen molar-refractivity contribution < 1.29 is 81.8 Å². The zero-order valence-electron chi connectivity index (χ0n) is 14.9. The molecule has 0 spiro atoms. The fraction of sp³-hybridized carbons (Fsp3) is 0.846. The van der Waals surface area contributed by atoms with E-state index in [1.165, 1.54) is 19.3 Å². The van der Waals surface area contributed by atoms with E-state index in [1.807, 2.05) is 0 Å². The number of Topliss-reactive ketones (excluding diaryl/α,β-unsaturated/α-hetero) is 1. The van der Waals surface area contributed by atoms with E-state index in [0.29, 0.717) is 6.42 Å². The summed E-state index contributed by atoms with van der Waals surface area (Å²) in [5.41, 5.74) is -2.22. The van der Waals surface area contributed by atoms with Crippen LogP contribution in [0.2, 0.25) is 0 Å². The number of carboxylic acids is 1. The topological polar surface area (TPSA) is 74.6 Å². The van der Waals surface area contributed by atoms with Crippen molar-refractivity contribution in [3.8, 4) is 0 Å². The average molecular weight is 292 g/mol. The Labute approximate surface area is 163 Å². The molecule has 0 aliphatic carbocycles. The van der Waals surface area contributed by atoms with Crippen molar-refractivity contribution in [2.75, 3.05) is 0 Å². The van der Waals surface area contributed by atoms with Gasteiger partial charge in [-0.2, -0.15) is 0 Å². The van der Waals surface area contributed by atoms with Crippen LogP contribution in [0, 0.1) is 0 Å². The number of unbranched alkanes of at least 4 members (excludes halogenated alkanes) is 6. The molecule has 0 rings (SSSR count). The maximum atomic E-state index is 11.4. The van der Waals surface area contributed by atoms with Gasteiger partial charge in [0.05, 0.1) is 0 Å². The van der Waals surface area contributed by atoms with Gasteiger partial charge in [0, 0.05) is 6.42 Å². The smallest absolute Gasteiger partial charge is 1.00 e. The molecule has 104 valence electrons. The van der Waals surface area contributed by atoms with Crippen molar-refractivity contribution in [1.29, 1.82) is 0 Å². The molecule has 19 heavy (non-hydrogen) atoms. The van der Waals surface area contributed by atoms with Gasteiger partial charge < -0.3 is 13.1 Å². The van der Waals surface area contributed by atoms with Gasteiger partial charge in [0.1, 0.15) is 0 Å². The minimum atomic E-state index is -2.22. The van der Waals surface area contributed by atoms with E-state index < -0.39 is 17.4 Å². The van der Waals surface area contributed by atoms with Crippen LogP contribution in [-0.2, 0) is 9.59 Å². The summed E-state index contributed by atoms with van der Waals surface area (Å²) in [6.07, 6.45) is 7.64. The first kappa shape index (κ1) is 25.1. The molecule has 0 saturated carbocycles. The number of carbonyl (C=O) groups is 2. The molecule has 0 aromatic carbocycles. The molecule has 6 heteroatoms. The second-order valence-corrected chi connectivity index (χ2v) is 4.67. The van der Waals surface area contributed by atoms with Crippen molar-refractivity contribution in [2.45, 2.75) is 70.8 Å². The third-order valence-corrected chi connectivity index (χ3v) is 2.97. The van der Waals surface area contributed by atoms with E-state index in [-0.39, 0.29) is 68.4 Å². The van der Waals surface area contributed by atoms with E-state index >= 15 is 0 Å². The molecule has 0 aliphatic heterocycles. The standard InChI is InChI=1S/C13H24O4.2Na.2H/c1-3-4-5-6-7-8-9-10-11(14)13(2,17)12(15)16;;;;/h17H,3-10H2,1-2H3,(H,15,16);;;;/q;2*+1;2*-1. The molecule has 1 atom stereocenters. The van der Waals surface area contributed by atoms with Crippen LogP contribution < -0.4 is 59.1 Å². The molecular formula is C13H26Na2O4. The van der Waals surface area contributed by atoms with E-state index in [0.717, 1.165) is 26.2 Å². The fourth-order valence-corrected chi connectivity index (χ4v) is 1.61. The van der Waals surface area contributed by atoms with Crippen LogP contribution in [-0.4, -0.2) is 27.6 Å². The van der Waals surface area contributed by atoms with Gasteiger partial charge in [-0.25, -0.2) is 4.79 Å². The number of carboxylic acid groups (broad SMARTS) is 1. The Kier molecular flexibility index (Phi) is 18.5. The Bertz CT molecular complexity index is 265. The maximum Gasteiger partial charge on any atom is 1.00 e. The SMILES string of the molecule is CCCCCCCCCC(=O)C(C)(O)C(=O)O.[H-].[H-].[Na+].[Na+]. The molecule has 0 radical (unpaired) electrons. The molecule has 4 nitrogen and oxygen atoms in total. The van der Waals surface area contributed by atoms with Crippen LogP contribution in [0.15, 0.2) is 0 Å². The number of aliphatic hydroxyl groups is 1. The molecule has 0 heterocycles. The third kappa shape index (κ3) is 11.4. The normalized spacial score (nSPS) is 12.8. The number of hydrogen-bond donors (Lipinski definition) is 2. The van der Waals surface area contributed by atoms with Crippen LogP contribution in [0.4, 0.5) is 0 Å². The second-order valence-electron chi connectivity index (χ2n) is 4.67. The zero-order chi connectivity index (χ0) is 13.3. The molecule has 1 unspecified atom stereocenters. The molecule has 2 N–H and O–H groups in total. The predicted molar refractivity (Wildman–Crippen MR) is 68.1 cm³/mol. The Balaban J connectivity index is -0.000000213. The molecule has 0 aromatic heterocycles. The Morgan fingerprint density at radius 3 is 1.84 bits per heavy atom. The molecule has 0 fully saturated rings. The van der Waals surface area contributed by atoms with E-state index in [2.05, 4.69) is 6.92 Å². The van der Waals surface area contributed by atoms with Gasteiger partial charge in [-0.05, 0) is 13.3 Å². The number of ketones is 1. The number of hydrogen-bond acceptors (Lipinski definition) is 3. The average Bonchev–Trinajstić information content (AvgIpc) is 2.27. The predicted octanol–water partition coefficient (Wildman–Crippen LogP) is -3.24. The van der Waals surface area contributed by atoms with Gasteiger partial charge in [-0.1, -0.05) is 45.4 Å². The van der Waals surface area contributed by atoms with Crippen molar-refractivity contribution in [3.63, 3.8) is 0 Å². The minimum Gasteiger partial charge on any atom is -1.00 e. The third-order valence-electron chi connectivity index (χ3n) is 2.97. The first-order valence-corrected chi connectivity index (χ1v) is 6.42. The van der Waals surface area contributed by atoms with Crippen LogP contribution in [0.5, 0.6) is 0 Å². The Morgan fingerprint density at radius 1 is 1.00 bits per heavy atom. The summed E-state index contributed by atoms with van der Waals surface area (Å²) < 4.78 is 0. The fourth-order valence-electron chi connectivity index (χ4n) is 1.61. The Hall–Kier alpha value is 1.10. The molecule has 0 aliphatic rings. The van der Waals surface area contributed by atoms with Crippen molar-refractivity contribution in [1.82, 2.24) is 0 Å². The van der Waals surface area contributed by atoms with E-state index in [9.17, 15) is 14.7 Å². The first-order chi connectivity index (χ1) is 7.92. The minimum absolute atomic E-state index is 0. The molecule has 0 saturated heterocycles. The van der Waals surface area contributed by atoms with Gasteiger partial charge in [0.15, 0.2) is 5.78 Å². The van der Waals surface area contributed by atoms with Crippen molar-refractivity contribution >= 4 is 11.8 Å².